The van der Waals surface area contributed by atoms with Gasteiger partial charge in [0.15, 0.2) is 11.5 Å². The van der Waals surface area contributed by atoms with Gasteiger partial charge in [0.05, 0.1) is 11.9 Å². The standard InChI is InChI=1S/C28H29Cl2N3O6S/c1-3-31-28(35)24(13-19-7-5-4-6-8-19)32(16-20-9-10-21(29)14-23(20)30)27(34)17-33(40(2,36)37)22-11-12-25-26(15-22)39-18-38-25/h4-12,14-15,24H,3,13,16-18H2,1-2H3,(H,31,35). The van der Waals surface area contributed by atoms with Crippen molar-refractivity contribution in [2.75, 3.05) is 30.4 Å². The Balaban J connectivity index is 1.74. The molecule has 0 radical (unpaired) electrons. The quantitative estimate of drug-likeness (QED) is 0.350. The number of likely N-dealkylation sites (N-methyl/N-ethyl adjacent to an activating group) is 1. The average molecular weight is 607 g/mol. The molecule has 9 nitrogen and oxygen atoms in total. The van der Waals surface area contributed by atoms with Crippen LogP contribution in [0.1, 0.15) is 18.1 Å². The molecule has 1 unspecified atom stereocenters. The fourth-order valence-electron chi connectivity index (χ4n) is 4.33. The zero-order valence-electron chi connectivity index (χ0n) is 22.0. The Morgan fingerprint density at radius 3 is 2.40 bits per heavy atom. The Hall–Kier alpha value is -3.47. The van der Waals surface area contributed by atoms with Crippen molar-refractivity contribution < 1.29 is 27.5 Å². The van der Waals surface area contributed by atoms with E-state index in [1.807, 2.05) is 30.3 Å². The number of fused-ring (bicyclic) bond motifs is 1. The summed E-state index contributed by atoms with van der Waals surface area (Å²) in [4.78, 5) is 28.8. The number of nitrogens with zero attached hydrogens (tertiary/aromatic N) is 2. The van der Waals surface area contributed by atoms with E-state index in [9.17, 15) is 18.0 Å². The summed E-state index contributed by atoms with van der Waals surface area (Å²) in [6, 6.07) is 17.8. The van der Waals surface area contributed by atoms with Gasteiger partial charge in [-0.3, -0.25) is 13.9 Å². The van der Waals surface area contributed by atoms with Crippen LogP contribution in [0, 0.1) is 0 Å². The molecule has 2 amide bonds. The number of amides is 2. The summed E-state index contributed by atoms with van der Waals surface area (Å²) in [6.07, 6.45) is 1.21. The SMILES string of the molecule is CCNC(=O)C(Cc1ccccc1)N(Cc1ccc(Cl)cc1Cl)C(=O)CN(c1ccc2c(c1)OCO2)S(C)(=O)=O. The molecule has 4 rings (SSSR count). The molecule has 3 aromatic carbocycles. The predicted octanol–water partition coefficient (Wildman–Crippen LogP) is 4.26. The molecule has 40 heavy (non-hydrogen) atoms. The first-order chi connectivity index (χ1) is 19.1. The monoisotopic (exact) mass is 605 g/mol. The molecule has 3 aromatic rings. The number of rotatable bonds is 11. The van der Waals surface area contributed by atoms with Crippen molar-refractivity contribution in [3.05, 3.63) is 87.9 Å². The molecule has 1 aliphatic rings. The summed E-state index contributed by atoms with van der Waals surface area (Å²) in [5, 5.41) is 3.54. The van der Waals surface area contributed by atoms with Crippen LogP contribution in [0.3, 0.4) is 0 Å². The number of benzene rings is 3. The minimum absolute atomic E-state index is 0.0138. The molecule has 0 bridgehead atoms. The lowest BCUT2D eigenvalue weighted by molar-refractivity contribution is -0.140. The number of carbonyl (C=O) groups is 2. The minimum atomic E-state index is -3.92. The molecular weight excluding hydrogens is 577 g/mol. The van der Waals surface area contributed by atoms with Crippen molar-refractivity contribution in [3.8, 4) is 11.5 Å². The van der Waals surface area contributed by atoms with Crippen molar-refractivity contribution >= 4 is 50.7 Å². The number of sulfonamides is 1. The summed E-state index contributed by atoms with van der Waals surface area (Å²) in [5.41, 5.74) is 1.60. The molecule has 0 saturated carbocycles. The van der Waals surface area contributed by atoms with Crippen LogP contribution in [0.5, 0.6) is 11.5 Å². The smallest absolute Gasteiger partial charge is 0.244 e. The van der Waals surface area contributed by atoms with Crippen LogP contribution in [0.25, 0.3) is 0 Å². The summed E-state index contributed by atoms with van der Waals surface area (Å²) in [5.74, 6) is -0.130. The van der Waals surface area contributed by atoms with Crippen molar-refractivity contribution in [3.63, 3.8) is 0 Å². The Kier molecular flexibility index (Phi) is 9.44. The Bertz CT molecular complexity index is 1490. The van der Waals surface area contributed by atoms with Crippen molar-refractivity contribution in [2.24, 2.45) is 0 Å². The second-order valence-electron chi connectivity index (χ2n) is 9.16. The van der Waals surface area contributed by atoms with Gasteiger partial charge in [-0.25, -0.2) is 8.42 Å². The number of hydrogen-bond donors (Lipinski definition) is 1. The molecule has 0 aromatic heterocycles. The van der Waals surface area contributed by atoms with E-state index in [1.54, 1.807) is 31.2 Å². The van der Waals surface area contributed by atoms with Gasteiger partial charge in [-0.1, -0.05) is 59.6 Å². The maximum absolute atomic E-state index is 14.0. The van der Waals surface area contributed by atoms with Gasteiger partial charge in [-0.15, -0.1) is 0 Å². The number of nitrogens with one attached hydrogen (secondary N) is 1. The second-order valence-corrected chi connectivity index (χ2v) is 11.9. The number of hydrogen-bond acceptors (Lipinski definition) is 6. The third-order valence-electron chi connectivity index (χ3n) is 6.30. The molecule has 0 aliphatic carbocycles. The van der Waals surface area contributed by atoms with E-state index in [0.29, 0.717) is 33.7 Å². The second kappa shape index (κ2) is 12.8. The lowest BCUT2D eigenvalue weighted by Gasteiger charge is -2.33. The van der Waals surface area contributed by atoms with E-state index in [4.69, 9.17) is 32.7 Å². The van der Waals surface area contributed by atoms with Crippen molar-refractivity contribution in [1.82, 2.24) is 10.2 Å². The van der Waals surface area contributed by atoms with Gasteiger partial charge in [0, 0.05) is 35.6 Å². The Morgan fingerprint density at radius 2 is 1.73 bits per heavy atom. The van der Waals surface area contributed by atoms with Crippen LogP contribution in [0.2, 0.25) is 10.0 Å². The topological polar surface area (TPSA) is 105 Å². The molecule has 12 heteroatoms. The maximum atomic E-state index is 14.0. The summed E-state index contributed by atoms with van der Waals surface area (Å²) in [7, 11) is -3.92. The van der Waals surface area contributed by atoms with Crippen LogP contribution < -0.4 is 19.1 Å². The van der Waals surface area contributed by atoms with Crippen LogP contribution in [0.4, 0.5) is 5.69 Å². The maximum Gasteiger partial charge on any atom is 0.244 e. The number of halogens is 2. The van der Waals surface area contributed by atoms with Gasteiger partial charge in [-0.05, 0) is 42.3 Å². The fraction of sp³-hybridized carbons (Fsp3) is 0.286. The third-order valence-corrected chi connectivity index (χ3v) is 8.03. The molecular formula is C28H29Cl2N3O6S. The van der Waals surface area contributed by atoms with Gasteiger partial charge in [0.2, 0.25) is 28.6 Å². The zero-order valence-corrected chi connectivity index (χ0v) is 24.3. The molecule has 1 heterocycles. The highest BCUT2D eigenvalue weighted by Crippen LogP contribution is 2.36. The van der Waals surface area contributed by atoms with E-state index in [-0.39, 0.29) is 31.4 Å². The highest BCUT2D eigenvalue weighted by Gasteiger charge is 2.33. The van der Waals surface area contributed by atoms with E-state index < -0.39 is 28.5 Å². The van der Waals surface area contributed by atoms with Crippen molar-refractivity contribution in [2.45, 2.75) is 25.9 Å². The largest absolute Gasteiger partial charge is 0.454 e. The Labute approximate surface area is 243 Å². The summed E-state index contributed by atoms with van der Waals surface area (Å²) in [6.45, 7) is 1.53. The average Bonchev–Trinajstić information content (AvgIpc) is 3.38. The summed E-state index contributed by atoms with van der Waals surface area (Å²) < 4.78 is 37.5. The highest BCUT2D eigenvalue weighted by atomic mass is 35.5. The molecule has 0 saturated heterocycles. The lowest BCUT2D eigenvalue weighted by Crippen LogP contribution is -2.53. The number of anilines is 1. The van der Waals surface area contributed by atoms with E-state index in [0.717, 1.165) is 16.1 Å². The first-order valence-electron chi connectivity index (χ1n) is 12.5. The number of carbonyl (C=O) groups excluding carboxylic acids is 2. The third kappa shape index (κ3) is 7.18. The predicted molar refractivity (Wildman–Crippen MR) is 154 cm³/mol. The van der Waals surface area contributed by atoms with Gasteiger partial charge in [0.1, 0.15) is 12.6 Å². The molecule has 0 spiro atoms. The molecule has 1 atom stereocenters. The molecule has 0 fully saturated rings. The van der Waals surface area contributed by atoms with E-state index in [1.165, 1.54) is 17.0 Å². The van der Waals surface area contributed by atoms with Gasteiger partial charge in [-0.2, -0.15) is 0 Å². The highest BCUT2D eigenvalue weighted by molar-refractivity contribution is 7.92. The van der Waals surface area contributed by atoms with E-state index >= 15 is 0 Å². The first kappa shape index (κ1) is 29.5. The van der Waals surface area contributed by atoms with Gasteiger partial charge >= 0.3 is 0 Å². The van der Waals surface area contributed by atoms with Crippen molar-refractivity contribution in [1.29, 1.82) is 0 Å². The number of ether oxygens (including phenoxy) is 2. The molecule has 1 N–H and O–H groups in total. The van der Waals surface area contributed by atoms with E-state index in [2.05, 4.69) is 5.32 Å². The first-order valence-corrected chi connectivity index (χ1v) is 15.1. The van der Waals surface area contributed by atoms with Crippen LogP contribution in [0.15, 0.2) is 66.7 Å². The zero-order chi connectivity index (χ0) is 28.9. The fourth-order valence-corrected chi connectivity index (χ4v) is 5.64. The normalized spacial score (nSPS) is 13.0. The Morgan fingerprint density at radius 1 is 1.00 bits per heavy atom. The van der Waals surface area contributed by atoms with Gasteiger partial charge in [0.25, 0.3) is 0 Å². The minimum Gasteiger partial charge on any atom is -0.454 e. The lowest BCUT2D eigenvalue weighted by atomic mass is 10.0. The molecule has 1 aliphatic heterocycles. The molecule has 212 valence electrons. The summed E-state index contributed by atoms with van der Waals surface area (Å²) >= 11 is 12.5. The van der Waals surface area contributed by atoms with Gasteiger partial charge < -0.3 is 19.7 Å². The van der Waals surface area contributed by atoms with Crippen LogP contribution in [-0.4, -0.2) is 57.3 Å². The van der Waals surface area contributed by atoms with Crippen LogP contribution in [-0.2, 0) is 32.6 Å². The van der Waals surface area contributed by atoms with Crippen LogP contribution >= 0.6 is 23.2 Å².